The average molecular weight is 343 g/mol. The Labute approximate surface area is 150 Å². The highest BCUT2D eigenvalue weighted by Gasteiger charge is 2.33. The Morgan fingerprint density at radius 2 is 2.16 bits per heavy atom. The van der Waals surface area contributed by atoms with Gasteiger partial charge >= 0.3 is 0 Å². The van der Waals surface area contributed by atoms with Gasteiger partial charge in [0.25, 0.3) is 0 Å². The predicted molar refractivity (Wildman–Crippen MR) is 96.2 cm³/mol. The van der Waals surface area contributed by atoms with Crippen molar-refractivity contribution in [3.63, 3.8) is 0 Å². The zero-order valence-corrected chi connectivity index (χ0v) is 15.2. The van der Waals surface area contributed by atoms with Gasteiger partial charge in [0.15, 0.2) is 0 Å². The van der Waals surface area contributed by atoms with Gasteiger partial charge < -0.3 is 9.64 Å². The maximum Gasteiger partial charge on any atom is 0.249 e. The Balaban J connectivity index is 1.55. The first-order chi connectivity index (χ1) is 12.3. The van der Waals surface area contributed by atoms with Crippen molar-refractivity contribution in [3.8, 4) is 0 Å². The normalized spacial score (nSPS) is 23.8. The number of ether oxygens (including phenoxy) is 1. The molecule has 25 heavy (non-hydrogen) atoms. The topological polar surface area (TPSA) is 47.4 Å². The highest BCUT2D eigenvalue weighted by Crippen LogP contribution is 2.33. The van der Waals surface area contributed by atoms with E-state index in [-0.39, 0.29) is 11.8 Å². The summed E-state index contributed by atoms with van der Waals surface area (Å²) >= 11 is 0. The van der Waals surface area contributed by atoms with Crippen LogP contribution in [-0.2, 0) is 22.6 Å². The van der Waals surface area contributed by atoms with E-state index in [0.717, 1.165) is 43.8 Å². The SMILES string of the molecule is COC[C@H]1CN(C(=O)C2=CCCC2)Cc2cnn(CC3CCCC3)c21. The molecule has 1 aromatic heterocycles. The molecule has 1 amide bonds. The van der Waals surface area contributed by atoms with Crippen molar-refractivity contribution in [3.05, 3.63) is 29.1 Å². The number of methoxy groups -OCH3 is 1. The van der Waals surface area contributed by atoms with Crippen LogP contribution in [-0.4, -0.2) is 40.8 Å². The summed E-state index contributed by atoms with van der Waals surface area (Å²) < 4.78 is 7.71. The highest BCUT2D eigenvalue weighted by molar-refractivity contribution is 5.94. The maximum atomic E-state index is 12.8. The van der Waals surface area contributed by atoms with Crippen LogP contribution in [0, 0.1) is 5.92 Å². The summed E-state index contributed by atoms with van der Waals surface area (Å²) in [7, 11) is 1.75. The van der Waals surface area contributed by atoms with Crippen molar-refractivity contribution in [2.45, 2.75) is 64.0 Å². The van der Waals surface area contributed by atoms with Crippen LogP contribution < -0.4 is 0 Å². The molecule has 0 bridgehead atoms. The van der Waals surface area contributed by atoms with Crippen LogP contribution >= 0.6 is 0 Å². The molecule has 5 nitrogen and oxygen atoms in total. The van der Waals surface area contributed by atoms with Crippen molar-refractivity contribution >= 4 is 5.91 Å². The summed E-state index contributed by atoms with van der Waals surface area (Å²) in [4.78, 5) is 14.8. The highest BCUT2D eigenvalue weighted by atomic mass is 16.5. The molecule has 1 aromatic rings. The number of fused-ring (bicyclic) bond motifs is 1. The van der Waals surface area contributed by atoms with E-state index in [9.17, 15) is 4.79 Å². The summed E-state index contributed by atoms with van der Waals surface area (Å²) in [5, 5.41) is 4.69. The average Bonchev–Trinajstić information content (AvgIpc) is 3.37. The van der Waals surface area contributed by atoms with Gasteiger partial charge in [0, 0.05) is 43.8 Å². The summed E-state index contributed by atoms with van der Waals surface area (Å²) in [5.74, 6) is 1.20. The number of carbonyl (C=O) groups is 1. The van der Waals surface area contributed by atoms with Crippen LogP contribution in [0.5, 0.6) is 0 Å². The molecule has 2 heterocycles. The molecule has 0 unspecified atom stereocenters. The quantitative estimate of drug-likeness (QED) is 0.824. The summed E-state index contributed by atoms with van der Waals surface area (Å²) in [6.07, 6.45) is 12.5. The third-order valence-corrected chi connectivity index (χ3v) is 6.03. The lowest BCUT2D eigenvalue weighted by Crippen LogP contribution is -2.40. The fourth-order valence-electron chi connectivity index (χ4n) is 4.79. The third kappa shape index (κ3) is 3.39. The lowest BCUT2D eigenvalue weighted by molar-refractivity contribution is -0.128. The number of amides is 1. The van der Waals surface area contributed by atoms with E-state index < -0.39 is 0 Å². The minimum absolute atomic E-state index is 0.216. The summed E-state index contributed by atoms with van der Waals surface area (Å²) in [6, 6.07) is 0. The third-order valence-electron chi connectivity index (χ3n) is 6.03. The fraction of sp³-hybridized carbons (Fsp3) is 0.700. The van der Waals surface area contributed by atoms with Gasteiger partial charge in [-0.25, -0.2) is 0 Å². The Morgan fingerprint density at radius 3 is 2.88 bits per heavy atom. The molecule has 0 N–H and O–H groups in total. The molecule has 1 saturated carbocycles. The molecular weight excluding hydrogens is 314 g/mol. The number of nitrogens with zero attached hydrogens (tertiary/aromatic N) is 3. The summed E-state index contributed by atoms with van der Waals surface area (Å²) in [5.41, 5.74) is 3.51. The molecule has 0 aromatic carbocycles. The number of aromatic nitrogens is 2. The van der Waals surface area contributed by atoms with Gasteiger partial charge in [0.1, 0.15) is 0 Å². The van der Waals surface area contributed by atoms with Crippen LogP contribution in [0.15, 0.2) is 17.8 Å². The Kier molecular flexibility index (Phi) is 4.93. The molecule has 0 saturated heterocycles. The molecule has 1 fully saturated rings. The fourth-order valence-corrected chi connectivity index (χ4v) is 4.79. The number of allylic oxidation sites excluding steroid dienone is 1. The van der Waals surface area contributed by atoms with E-state index >= 15 is 0 Å². The van der Waals surface area contributed by atoms with Gasteiger partial charge in [0.2, 0.25) is 5.91 Å². The van der Waals surface area contributed by atoms with Gasteiger partial charge in [-0.2, -0.15) is 5.10 Å². The van der Waals surface area contributed by atoms with Crippen LogP contribution in [0.1, 0.15) is 62.1 Å². The molecule has 3 aliphatic rings. The monoisotopic (exact) mass is 343 g/mol. The number of rotatable bonds is 5. The predicted octanol–water partition coefficient (Wildman–Crippen LogP) is 3.26. The second kappa shape index (κ2) is 7.32. The molecule has 2 aliphatic carbocycles. The van der Waals surface area contributed by atoms with Gasteiger partial charge in [-0.05, 0) is 38.0 Å². The van der Waals surface area contributed by atoms with E-state index in [1.807, 2.05) is 11.1 Å². The molecule has 0 radical (unpaired) electrons. The zero-order valence-electron chi connectivity index (χ0n) is 15.2. The van der Waals surface area contributed by atoms with Gasteiger partial charge in [-0.1, -0.05) is 18.9 Å². The van der Waals surface area contributed by atoms with E-state index in [0.29, 0.717) is 13.2 Å². The van der Waals surface area contributed by atoms with Crippen LogP contribution in [0.4, 0.5) is 0 Å². The van der Waals surface area contributed by atoms with E-state index in [1.165, 1.54) is 36.9 Å². The summed E-state index contributed by atoms with van der Waals surface area (Å²) in [6.45, 7) is 3.10. The van der Waals surface area contributed by atoms with Gasteiger partial charge in [-0.15, -0.1) is 0 Å². The maximum absolute atomic E-state index is 12.8. The molecule has 1 atom stereocenters. The minimum Gasteiger partial charge on any atom is -0.384 e. The van der Waals surface area contributed by atoms with E-state index in [2.05, 4.69) is 10.8 Å². The minimum atomic E-state index is 0.216. The standard InChI is InChI=1S/C20H29N3O2/c1-25-14-18-13-22(20(24)16-8-4-5-9-16)12-17-10-21-23(19(17)18)11-15-6-2-3-7-15/h8,10,15,18H,2-7,9,11-14H2,1H3/t18-/m1/s1. The van der Waals surface area contributed by atoms with Gasteiger partial charge in [0.05, 0.1) is 18.5 Å². The zero-order chi connectivity index (χ0) is 17.2. The van der Waals surface area contributed by atoms with Gasteiger partial charge in [-0.3, -0.25) is 9.48 Å². The largest absolute Gasteiger partial charge is 0.384 e. The Hall–Kier alpha value is -1.62. The molecule has 5 heteroatoms. The lowest BCUT2D eigenvalue weighted by Gasteiger charge is -2.34. The molecule has 0 spiro atoms. The molecule has 136 valence electrons. The first kappa shape index (κ1) is 16.8. The van der Waals surface area contributed by atoms with Crippen molar-refractivity contribution < 1.29 is 9.53 Å². The number of hydrogen-bond acceptors (Lipinski definition) is 3. The van der Waals surface area contributed by atoms with Crippen molar-refractivity contribution in [2.24, 2.45) is 5.92 Å². The van der Waals surface area contributed by atoms with Crippen molar-refractivity contribution in [1.82, 2.24) is 14.7 Å². The first-order valence-electron chi connectivity index (χ1n) is 9.78. The molecule has 1 aliphatic heterocycles. The van der Waals surface area contributed by atoms with Crippen LogP contribution in [0.25, 0.3) is 0 Å². The van der Waals surface area contributed by atoms with Crippen molar-refractivity contribution in [1.29, 1.82) is 0 Å². The first-order valence-corrected chi connectivity index (χ1v) is 9.78. The number of carbonyl (C=O) groups excluding carboxylic acids is 1. The second-order valence-corrected chi connectivity index (χ2v) is 7.85. The lowest BCUT2D eigenvalue weighted by atomic mass is 9.95. The van der Waals surface area contributed by atoms with E-state index in [4.69, 9.17) is 9.84 Å². The second-order valence-electron chi connectivity index (χ2n) is 7.85. The van der Waals surface area contributed by atoms with Crippen LogP contribution in [0.3, 0.4) is 0 Å². The molecular formula is C20H29N3O2. The van der Waals surface area contributed by atoms with Crippen LogP contribution in [0.2, 0.25) is 0 Å². The van der Waals surface area contributed by atoms with E-state index in [1.54, 1.807) is 7.11 Å². The Bertz CT molecular complexity index is 658. The Morgan fingerprint density at radius 1 is 1.32 bits per heavy atom. The van der Waals surface area contributed by atoms with Crippen molar-refractivity contribution in [2.75, 3.05) is 20.3 Å². The smallest absolute Gasteiger partial charge is 0.249 e. The molecule has 4 rings (SSSR count). The number of hydrogen-bond donors (Lipinski definition) is 0.